The normalized spacial score (nSPS) is 26.6. The van der Waals surface area contributed by atoms with Crippen LogP contribution in [0.25, 0.3) is 6.08 Å². The van der Waals surface area contributed by atoms with Gasteiger partial charge < -0.3 is 10.6 Å². The Hall–Kier alpha value is -1.32. The molecule has 0 saturated carbocycles. The summed E-state index contributed by atoms with van der Waals surface area (Å²) < 4.78 is 1.13. The molecule has 2 aliphatic heterocycles. The van der Waals surface area contributed by atoms with Crippen molar-refractivity contribution >= 4 is 22.0 Å². The zero-order chi connectivity index (χ0) is 16.5. The van der Waals surface area contributed by atoms with E-state index < -0.39 is 0 Å². The van der Waals surface area contributed by atoms with E-state index in [0.717, 1.165) is 29.9 Å². The Labute approximate surface area is 153 Å². The summed E-state index contributed by atoms with van der Waals surface area (Å²) >= 11 is 3.63. The second kappa shape index (κ2) is 6.89. The molecule has 2 N–H and O–H groups in total. The lowest BCUT2D eigenvalue weighted by Gasteiger charge is -2.38. The van der Waals surface area contributed by atoms with E-state index in [0.29, 0.717) is 12.0 Å². The number of fused-ring (bicyclic) bond motifs is 2. The number of rotatable bonds is 2. The van der Waals surface area contributed by atoms with Gasteiger partial charge in [0.05, 0.1) is 6.04 Å². The van der Waals surface area contributed by atoms with Crippen molar-refractivity contribution in [2.75, 3.05) is 13.1 Å². The minimum atomic E-state index is 0.374. The molecule has 0 radical (unpaired) electrons. The molecule has 1 aromatic rings. The molecule has 126 valence electrons. The van der Waals surface area contributed by atoms with Crippen LogP contribution in [0.4, 0.5) is 0 Å². The third kappa shape index (κ3) is 3.00. The fourth-order valence-electron chi connectivity index (χ4n) is 4.41. The summed E-state index contributed by atoms with van der Waals surface area (Å²) in [5.74, 6) is 1.26. The smallest absolute Gasteiger partial charge is 0.0580 e. The highest BCUT2D eigenvalue weighted by atomic mass is 79.9. The first kappa shape index (κ1) is 16.2. The van der Waals surface area contributed by atoms with Gasteiger partial charge in [0.2, 0.25) is 0 Å². The molecule has 2 nitrogen and oxygen atoms in total. The highest BCUT2D eigenvalue weighted by molar-refractivity contribution is 9.11. The van der Waals surface area contributed by atoms with Crippen molar-refractivity contribution < 1.29 is 0 Å². The van der Waals surface area contributed by atoms with Crippen molar-refractivity contribution in [3.05, 3.63) is 63.3 Å². The lowest BCUT2D eigenvalue weighted by Crippen LogP contribution is -2.41. The zero-order valence-electron chi connectivity index (χ0n) is 14.2. The van der Waals surface area contributed by atoms with Crippen molar-refractivity contribution in [1.29, 1.82) is 0 Å². The zero-order valence-corrected chi connectivity index (χ0v) is 15.8. The molecule has 0 aromatic heterocycles. The van der Waals surface area contributed by atoms with Gasteiger partial charge in [0.1, 0.15) is 0 Å². The van der Waals surface area contributed by atoms with Crippen LogP contribution in [0.15, 0.2) is 46.6 Å². The molecule has 3 heteroatoms. The SMILES string of the molecule is CCc1ccc2c(c1)C=CC1=CC(Br)=CNC1C2C1CCNCC1. The van der Waals surface area contributed by atoms with E-state index in [1.807, 2.05) is 0 Å². The summed E-state index contributed by atoms with van der Waals surface area (Å²) in [7, 11) is 0. The molecule has 1 fully saturated rings. The second-order valence-corrected chi connectivity index (χ2v) is 8.00. The quantitative estimate of drug-likeness (QED) is 0.784. The molecule has 0 amide bonds. The predicted octanol–water partition coefficient (Wildman–Crippen LogP) is 4.49. The number of halogens is 1. The number of dihydropyridines is 1. The first-order valence-corrected chi connectivity index (χ1v) is 9.90. The molecule has 1 saturated heterocycles. The lowest BCUT2D eigenvalue weighted by molar-refractivity contribution is 0.290. The Kier molecular flexibility index (Phi) is 4.64. The molecule has 3 aliphatic rings. The van der Waals surface area contributed by atoms with Gasteiger partial charge >= 0.3 is 0 Å². The van der Waals surface area contributed by atoms with Crippen molar-refractivity contribution in [3.8, 4) is 0 Å². The molecule has 1 aliphatic carbocycles. The Bertz CT molecular complexity index is 711. The van der Waals surface area contributed by atoms with Crippen LogP contribution in [0.3, 0.4) is 0 Å². The topological polar surface area (TPSA) is 24.1 Å². The number of benzene rings is 1. The first-order chi connectivity index (χ1) is 11.8. The van der Waals surface area contributed by atoms with Gasteiger partial charge in [-0.3, -0.25) is 0 Å². The molecule has 2 unspecified atom stereocenters. The average Bonchev–Trinajstić information content (AvgIpc) is 2.78. The average molecular weight is 385 g/mol. The van der Waals surface area contributed by atoms with Gasteiger partial charge in [-0.05, 0) is 82.5 Å². The van der Waals surface area contributed by atoms with Gasteiger partial charge in [-0.25, -0.2) is 0 Å². The molecule has 0 bridgehead atoms. The number of aryl methyl sites for hydroxylation is 1. The summed E-state index contributed by atoms with van der Waals surface area (Å²) in [5.41, 5.74) is 5.74. The Morgan fingerprint density at radius 1 is 1.17 bits per heavy atom. The summed E-state index contributed by atoms with van der Waals surface area (Å²) in [6, 6.07) is 7.48. The van der Waals surface area contributed by atoms with Gasteiger partial charge in [0.25, 0.3) is 0 Å². The molecule has 2 atom stereocenters. The van der Waals surface area contributed by atoms with E-state index in [1.165, 1.54) is 35.1 Å². The molecular weight excluding hydrogens is 360 g/mol. The molecule has 1 aromatic carbocycles. The summed E-state index contributed by atoms with van der Waals surface area (Å²) in [6.07, 6.45) is 12.6. The van der Waals surface area contributed by atoms with Crippen LogP contribution in [0.2, 0.25) is 0 Å². The fourth-order valence-corrected chi connectivity index (χ4v) is 4.80. The van der Waals surface area contributed by atoms with Gasteiger partial charge in [-0.2, -0.15) is 0 Å². The lowest BCUT2D eigenvalue weighted by atomic mass is 9.73. The second-order valence-electron chi connectivity index (χ2n) is 7.08. The maximum Gasteiger partial charge on any atom is 0.0580 e. The Balaban J connectivity index is 1.80. The maximum absolute atomic E-state index is 3.68. The van der Waals surface area contributed by atoms with E-state index in [-0.39, 0.29) is 0 Å². The summed E-state index contributed by atoms with van der Waals surface area (Å²) in [5, 5.41) is 7.20. The van der Waals surface area contributed by atoms with Gasteiger partial charge in [0.15, 0.2) is 0 Å². The first-order valence-electron chi connectivity index (χ1n) is 9.11. The number of hydrogen-bond acceptors (Lipinski definition) is 2. The highest BCUT2D eigenvalue weighted by Gasteiger charge is 2.36. The van der Waals surface area contributed by atoms with Crippen LogP contribution in [0.1, 0.15) is 42.4 Å². The van der Waals surface area contributed by atoms with Gasteiger partial charge in [-0.15, -0.1) is 0 Å². The molecule has 2 heterocycles. The minimum absolute atomic E-state index is 0.374. The summed E-state index contributed by atoms with van der Waals surface area (Å²) in [4.78, 5) is 0. The molecule has 4 rings (SSSR count). The van der Waals surface area contributed by atoms with Crippen LogP contribution < -0.4 is 10.6 Å². The number of nitrogens with one attached hydrogen (secondary N) is 2. The standard InChI is InChI=1S/C21H25BrN2/c1-2-14-3-6-19-16(11-14)4-5-17-12-18(22)13-24-21(17)20(19)15-7-9-23-10-8-15/h3-6,11-13,15,20-21,23-24H,2,7-10H2,1H3. The minimum Gasteiger partial charge on any atom is -0.383 e. The predicted molar refractivity (Wildman–Crippen MR) is 105 cm³/mol. The van der Waals surface area contributed by atoms with Crippen molar-refractivity contribution in [3.63, 3.8) is 0 Å². The number of allylic oxidation sites excluding steroid dienone is 2. The third-order valence-corrected chi connectivity index (χ3v) is 6.15. The summed E-state index contributed by atoms with van der Waals surface area (Å²) in [6.45, 7) is 4.52. The van der Waals surface area contributed by atoms with Crippen LogP contribution in [0.5, 0.6) is 0 Å². The van der Waals surface area contributed by atoms with Crippen LogP contribution in [-0.4, -0.2) is 19.1 Å². The maximum atomic E-state index is 3.68. The third-order valence-electron chi connectivity index (χ3n) is 5.69. The number of piperidine rings is 1. The van der Waals surface area contributed by atoms with E-state index in [1.54, 1.807) is 0 Å². The highest BCUT2D eigenvalue weighted by Crippen LogP contribution is 2.42. The Morgan fingerprint density at radius 3 is 2.79 bits per heavy atom. The fraction of sp³-hybridized carbons (Fsp3) is 0.429. The molecule has 0 spiro atoms. The largest absolute Gasteiger partial charge is 0.383 e. The van der Waals surface area contributed by atoms with Crippen molar-refractivity contribution in [1.82, 2.24) is 10.6 Å². The van der Waals surface area contributed by atoms with E-state index >= 15 is 0 Å². The van der Waals surface area contributed by atoms with Crippen LogP contribution >= 0.6 is 15.9 Å². The van der Waals surface area contributed by atoms with E-state index in [4.69, 9.17) is 0 Å². The number of hydrogen-bond donors (Lipinski definition) is 2. The Morgan fingerprint density at radius 2 is 2.00 bits per heavy atom. The monoisotopic (exact) mass is 384 g/mol. The van der Waals surface area contributed by atoms with Gasteiger partial charge in [0, 0.05) is 16.6 Å². The van der Waals surface area contributed by atoms with Crippen molar-refractivity contribution in [2.45, 2.75) is 38.1 Å². The van der Waals surface area contributed by atoms with E-state index in [2.05, 4.69) is 76.1 Å². The molecule has 24 heavy (non-hydrogen) atoms. The van der Waals surface area contributed by atoms with Crippen LogP contribution in [-0.2, 0) is 6.42 Å². The van der Waals surface area contributed by atoms with Gasteiger partial charge in [-0.1, -0.05) is 37.3 Å². The van der Waals surface area contributed by atoms with E-state index in [9.17, 15) is 0 Å². The van der Waals surface area contributed by atoms with Crippen molar-refractivity contribution in [2.24, 2.45) is 5.92 Å². The molecular formula is C21H25BrN2. The van der Waals surface area contributed by atoms with Crippen LogP contribution in [0, 0.1) is 5.92 Å².